The number of anilines is 3. The molecule has 0 aliphatic carbocycles. The van der Waals surface area contributed by atoms with Crippen molar-refractivity contribution in [3.05, 3.63) is 230 Å². The van der Waals surface area contributed by atoms with Crippen LogP contribution in [0.4, 0.5) is 17.1 Å². The molecule has 0 saturated carbocycles. The van der Waals surface area contributed by atoms with Gasteiger partial charge in [0.15, 0.2) is 0 Å². The summed E-state index contributed by atoms with van der Waals surface area (Å²) in [6, 6.07) is 79.5. The fraction of sp³-hybridized carbons (Fsp3) is 0.0357. The normalized spacial score (nSPS) is 11.3. The minimum absolute atomic E-state index is 1.09. The Balaban J connectivity index is 1.18. The molecular weight excluding hydrogens is 701 g/mol. The predicted octanol–water partition coefficient (Wildman–Crippen LogP) is 15.5. The van der Waals surface area contributed by atoms with E-state index in [1.54, 1.807) is 0 Å². The topological polar surface area (TPSA) is 8.17 Å². The summed E-state index contributed by atoms with van der Waals surface area (Å²) in [7, 11) is 0. The Kier molecular flexibility index (Phi) is 9.01. The van der Waals surface area contributed by atoms with Crippen LogP contribution in [-0.2, 0) is 0 Å². The van der Waals surface area contributed by atoms with Gasteiger partial charge in [-0.15, -0.1) is 0 Å². The highest BCUT2D eigenvalue weighted by Crippen LogP contribution is 2.43. The quantitative estimate of drug-likeness (QED) is 0.150. The molecule has 1 aromatic heterocycles. The van der Waals surface area contributed by atoms with Gasteiger partial charge in [0, 0.05) is 33.4 Å². The Bertz CT molecular complexity index is 2970. The van der Waals surface area contributed by atoms with Crippen LogP contribution >= 0.6 is 0 Å². The van der Waals surface area contributed by atoms with E-state index < -0.39 is 0 Å². The molecule has 2 nitrogen and oxygen atoms in total. The molecule has 0 atom stereocenters. The third kappa shape index (κ3) is 6.55. The Morgan fingerprint density at radius 3 is 1.40 bits per heavy atom. The van der Waals surface area contributed by atoms with E-state index in [0.717, 1.165) is 28.3 Å². The molecule has 0 amide bonds. The number of hydrogen-bond acceptors (Lipinski definition) is 1. The van der Waals surface area contributed by atoms with Gasteiger partial charge in [-0.2, -0.15) is 0 Å². The van der Waals surface area contributed by atoms with Crippen LogP contribution in [-0.4, -0.2) is 4.57 Å². The lowest BCUT2D eigenvalue weighted by Gasteiger charge is -2.26. The van der Waals surface area contributed by atoms with Crippen LogP contribution < -0.4 is 4.90 Å². The van der Waals surface area contributed by atoms with Gasteiger partial charge in [0.05, 0.1) is 16.7 Å². The van der Waals surface area contributed by atoms with Crippen molar-refractivity contribution in [2.45, 2.75) is 13.8 Å². The number of fused-ring (bicyclic) bond motifs is 3. The molecule has 0 N–H and O–H groups in total. The van der Waals surface area contributed by atoms with E-state index in [9.17, 15) is 0 Å². The zero-order valence-corrected chi connectivity index (χ0v) is 32.7. The van der Waals surface area contributed by atoms with Crippen molar-refractivity contribution < 1.29 is 0 Å². The molecule has 58 heavy (non-hydrogen) atoms. The first-order valence-corrected chi connectivity index (χ1v) is 20.0. The summed E-state index contributed by atoms with van der Waals surface area (Å²) in [6.07, 6.45) is 0. The van der Waals surface area contributed by atoms with Gasteiger partial charge in [-0.25, -0.2) is 0 Å². The first kappa shape index (κ1) is 35.0. The molecular formula is C56H42N2. The molecule has 0 aliphatic rings. The smallest absolute Gasteiger partial charge is 0.0562 e. The molecule has 0 radical (unpaired) electrons. The Morgan fingerprint density at radius 2 is 0.776 bits per heavy atom. The van der Waals surface area contributed by atoms with Gasteiger partial charge in [0.1, 0.15) is 0 Å². The minimum Gasteiger partial charge on any atom is -0.310 e. The number of nitrogens with zero attached hydrogens (tertiary/aromatic N) is 2. The summed E-state index contributed by atoms with van der Waals surface area (Å²) in [5.41, 5.74) is 18.9. The van der Waals surface area contributed by atoms with Crippen LogP contribution in [0.3, 0.4) is 0 Å². The first-order valence-electron chi connectivity index (χ1n) is 20.0. The fourth-order valence-electron chi connectivity index (χ4n) is 8.45. The standard InChI is InChI=1S/C56H42N2/c1-39-13-11-19-45(35-39)46-27-34-55(53(37-46)47-20-12-14-40(2)36-47)58-54-22-10-9-21-51(54)52-33-32-50(38-56(52)58)57(48-28-23-43(24-29-48)41-15-5-3-6-16-41)49-30-25-44(26-31-49)42-17-7-4-8-18-42/h3-38H,1-2H3. The molecule has 10 rings (SSSR count). The van der Waals surface area contributed by atoms with E-state index in [1.807, 2.05) is 0 Å². The van der Waals surface area contributed by atoms with Crippen molar-refractivity contribution >= 4 is 38.9 Å². The molecule has 0 spiro atoms. The van der Waals surface area contributed by atoms with Crippen LogP contribution in [0.15, 0.2) is 218 Å². The van der Waals surface area contributed by atoms with Gasteiger partial charge in [0.25, 0.3) is 0 Å². The molecule has 10 aromatic rings. The second-order valence-corrected chi connectivity index (χ2v) is 15.2. The van der Waals surface area contributed by atoms with Gasteiger partial charge in [-0.05, 0) is 107 Å². The molecule has 0 saturated heterocycles. The highest BCUT2D eigenvalue weighted by Gasteiger charge is 2.20. The van der Waals surface area contributed by atoms with E-state index in [0.29, 0.717) is 0 Å². The lowest BCUT2D eigenvalue weighted by atomic mass is 9.95. The number of aromatic nitrogens is 1. The molecule has 9 aromatic carbocycles. The maximum absolute atomic E-state index is 2.47. The largest absolute Gasteiger partial charge is 0.310 e. The molecule has 0 unspecified atom stereocenters. The van der Waals surface area contributed by atoms with Crippen molar-refractivity contribution in [1.82, 2.24) is 4.57 Å². The van der Waals surface area contributed by atoms with Gasteiger partial charge < -0.3 is 9.47 Å². The van der Waals surface area contributed by atoms with Crippen molar-refractivity contribution in [3.8, 4) is 50.2 Å². The number of rotatable bonds is 8. The molecule has 0 aliphatic heterocycles. The summed E-state index contributed by atoms with van der Waals surface area (Å²) in [5, 5.41) is 2.45. The van der Waals surface area contributed by atoms with Crippen molar-refractivity contribution in [2.24, 2.45) is 0 Å². The van der Waals surface area contributed by atoms with Crippen molar-refractivity contribution in [2.75, 3.05) is 4.90 Å². The maximum atomic E-state index is 2.47. The van der Waals surface area contributed by atoms with Crippen LogP contribution in [0.5, 0.6) is 0 Å². The molecule has 2 heteroatoms. The summed E-state index contributed by atoms with van der Waals surface area (Å²) in [6.45, 7) is 4.33. The highest BCUT2D eigenvalue weighted by atomic mass is 15.1. The highest BCUT2D eigenvalue weighted by molar-refractivity contribution is 6.11. The third-order valence-corrected chi connectivity index (χ3v) is 11.3. The van der Waals surface area contributed by atoms with E-state index in [2.05, 4.69) is 242 Å². The number of benzene rings is 9. The van der Waals surface area contributed by atoms with Crippen LogP contribution in [0.1, 0.15) is 11.1 Å². The van der Waals surface area contributed by atoms with E-state index in [1.165, 1.54) is 71.9 Å². The summed E-state index contributed by atoms with van der Waals surface area (Å²) >= 11 is 0. The van der Waals surface area contributed by atoms with E-state index >= 15 is 0 Å². The number of para-hydroxylation sites is 1. The summed E-state index contributed by atoms with van der Waals surface area (Å²) < 4.78 is 2.47. The van der Waals surface area contributed by atoms with Gasteiger partial charge in [-0.1, -0.05) is 175 Å². The molecule has 1 heterocycles. The first-order chi connectivity index (χ1) is 28.6. The zero-order valence-electron chi connectivity index (χ0n) is 32.7. The SMILES string of the molecule is Cc1cccc(-c2ccc(-n3c4ccccc4c4ccc(N(c5ccc(-c6ccccc6)cc5)c5ccc(-c6ccccc6)cc5)cc43)c(-c3cccc(C)c3)c2)c1. The minimum atomic E-state index is 1.09. The molecule has 276 valence electrons. The third-order valence-electron chi connectivity index (χ3n) is 11.3. The Hall–Kier alpha value is -7.42. The number of hydrogen-bond donors (Lipinski definition) is 0. The lowest BCUT2D eigenvalue weighted by molar-refractivity contribution is 1.18. The van der Waals surface area contributed by atoms with E-state index in [-0.39, 0.29) is 0 Å². The van der Waals surface area contributed by atoms with Crippen molar-refractivity contribution in [1.29, 1.82) is 0 Å². The lowest BCUT2D eigenvalue weighted by Crippen LogP contribution is -2.10. The summed E-state index contributed by atoms with van der Waals surface area (Å²) in [4.78, 5) is 2.38. The predicted molar refractivity (Wildman–Crippen MR) is 247 cm³/mol. The van der Waals surface area contributed by atoms with Crippen LogP contribution in [0.2, 0.25) is 0 Å². The molecule has 0 fully saturated rings. The number of aryl methyl sites for hydroxylation is 2. The van der Waals surface area contributed by atoms with Gasteiger partial charge >= 0.3 is 0 Å². The summed E-state index contributed by atoms with van der Waals surface area (Å²) in [5.74, 6) is 0. The monoisotopic (exact) mass is 742 g/mol. The van der Waals surface area contributed by atoms with Gasteiger partial charge in [-0.3, -0.25) is 0 Å². The van der Waals surface area contributed by atoms with Crippen molar-refractivity contribution in [3.63, 3.8) is 0 Å². The Labute approximate surface area is 340 Å². The zero-order chi connectivity index (χ0) is 39.0. The second kappa shape index (κ2) is 14.9. The van der Waals surface area contributed by atoms with E-state index in [4.69, 9.17) is 0 Å². The fourth-order valence-corrected chi connectivity index (χ4v) is 8.45. The van der Waals surface area contributed by atoms with Crippen LogP contribution in [0, 0.1) is 13.8 Å². The maximum Gasteiger partial charge on any atom is 0.0562 e. The van der Waals surface area contributed by atoms with Crippen LogP contribution in [0.25, 0.3) is 72.0 Å². The Morgan fingerprint density at radius 1 is 0.310 bits per heavy atom. The average molecular weight is 743 g/mol. The molecule has 0 bridgehead atoms. The average Bonchev–Trinajstić information content (AvgIpc) is 3.61. The second-order valence-electron chi connectivity index (χ2n) is 15.2. The van der Waals surface area contributed by atoms with Gasteiger partial charge in [0.2, 0.25) is 0 Å².